The maximum Gasteiger partial charge on any atom is 0.265 e. The summed E-state index contributed by atoms with van der Waals surface area (Å²) in [4.78, 5) is 12.2. The molecule has 2 aromatic carbocycles. The van der Waals surface area contributed by atoms with Crippen LogP contribution in [-0.2, 0) is 10.4 Å². The lowest BCUT2D eigenvalue weighted by atomic mass is 9.87. The van der Waals surface area contributed by atoms with Crippen molar-refractivity contribution in [2.45, 2.75) is 5.60 Å². The minimum atomic E-state index is -1.66. The van der Waals surface area contributed by atoms with Gasteiger partial charge in [-0.25, -0.2) is 0 Å². The first-order valence-electron chi connectivity index (χ1n) is 5.94. The highest BCUT2D eigenvalue weighted by Gasteiger charge is 2.46. The van der Waals surface area contributed by atoms with Crippen molar-refractivity contribution in [3.8, 4) is 5.75 Å². The molecule has 1 aliphatic rings. The summed E-state index contributed by atoms with van der Waals surface area (Å²) in [5.74, 6) is 0.159. The Morgan fingerprint density at radius 3 is 2.58 bits per heavy atom. The number of benzene rings is 2. The van der Waals surface area contributed by atoms with E-state index >= 15 is 0 Å². The van der Waals surface area contributed by atoms with Crippen LogP contribution in [0, 0.1) is 0 Å². The molecule has 0 bridgehead atoms. The van der Waals surface area contributed by atoms with Crippen LogP contribution in [0.2, 0.25) is 0 Å². The third-order valence-corrected chi connectivity index (χ3v) is 3.38. The number of ether oxygens (including phenoxy) is 1. The van der Waals surface area contributed by atoms with Gasteiger partial charge in [0.1, 0.15) is 5.75 Å². The van der Waals surface area contributed by atoms with Gasteiger partial charge in [0.2, 0.25) is 0 Å². The van der Waals surface area contributed by atoms with Crippen LogP contribution in [0.5, 0.6) is 5.75 Å². The van der Waals surface area contributed by atoms with Crippen LogP contribution in [0.4, 0.5) is 5.69 Å². The second kappa shape index (κ2) is 4.10. The highest BCUT2D eigenvalue weighted by molar-refractivity contribution is 6.07. The maximum absolute atomic E-state index is 12.2. The van der Waals surface area contributed by atoms with E-state index in [4.69, 9.17) is 4.74 Å². The Hall–Kier alpha value is -2.33. The van der Waals surface area contributed by atoms with Crippen LogP contribution in [0.1, 0.15) is 11.1 Å². The third kappa shape index (κ3) is 1.61. The standard InChI is InChI=1S/C15H13NO3/c1-19-11-7-8-13-12(9-11)15(18,14(17)16-13)10-5-3-2-4-6-10/h2-9,18H,1H3,(H,16,17)/t15-/m1/s1. The van der Waals surface area contributed by atoms with E-state index in [2.05, 4.69) is 5.32 Å². The fourth-order valence-electron chi connectivity index (χ4n) is 2.36. The van der Waals surface area contributed by atoms with Crippen LogP contribution in [0.3, 0.4) is 0 Å². The molecule has 0 unspecified atom stereocenters. The summed E-state index contributed by atoms with van der Waals surface area (Å²) in [5.41, 5.74) is 0.00482. The number of anilines is 1. The van der Waals surface area contributed by atoms with E-state index in [1.807, 2.05) is 6.07 Å². The average molecular weight is 255 g/mol. The van der Waals surface area contributed by atoms with Crippen molar-refractivity contribution >= 4 is 11.6 Å². The Morgan fingerprint density at radius 2 is 1.89 bits per heavy atom. The lowest BCUT2D eigenvalue weighted by Crippen LogP contribution is -2.35. The number of aliphatic hydroxyl groups is 1. The first kappa shape index (κ1) is 11.7. The zero-order chi connectivity index (χ0) is 13.5. The number of carbonyl (C=O) groups is 1. The van der Waals surface area contributed by atoms with Gasteiger partial charge in [-0.1, -0.05) is 30.3 Å². The normalized spacial score (nSPS) is 20.8. The fourth-order valence-corrected chi connectivity index (χ4v) is 2.36. The van der Waals surface area contributed by atoms with Crippen molar-refractivity contribution < 1.29 is 14.6 Å². The molecule has 0 saturated carbocycles. The summed E-state index contributed by atoms with van der Waals surface area (Å²) in [7, 11) is 1.55. The van der Waals surface area contributed by atoms with Crippen molar-refractivity contribution in [3.63, 3.8) is 0 Å². The van der Waals surface area contributed by atoms with Gasteiger partial charge in [0.25, 0.3) is 5.91 Å². The van der Waals surface area contributed by atoms with Crippen molar-refractivity contribution in [2.75, 3.05) is 12.4 Å². The molecule has 0 aromatic heterocycles. The third-order valence-electron chi connectivity index (χ3n) is 3.38. The highest BCUT2D eigenvalue weighted by Crippen LogP contribution is 2.42. The van der Waals surface area contributed by atoms with Gasteiger partial charge in [0.15, 0.2) is 5.60 Å². The van der Waals surface area contributed by atoms with Crippen molar-refractivity contribution in [3.05, 3.63) is 59.7 Å². The lowest BCUT2D eigenvalue weighted by Gasteiger charge is -2.21. The first-order chi connectivity index (χ1) is 9.16. The molecule has 0 saturated heterocycles. The van der Waals surface area contributed by atoms with Gasteiger partial charge in [-0.15, -0.1) is 0 Å². The predicted molar refractivity (Wildman–Crippen MR) is 71.1 cm³/mol. The van der Waals surface area contributed by atoms with Crippen LogP contribution >= 0.6 is 0 Å². The van der Waals surface area contributed by atoms with E-state index in [0.29, 0.717) is 22.6 Å². The molecule has 1 amide bonds. The SMILES string of the molecule is COc1ccc2c(c1)[C@](O)(c1ccccc1)C(=O)N2. The molecule has 1 aliphatic heterocycles. The molecule has 0 aliphatic carbocycles. The van der Waals surface area contributed by atoms with E-state index in [1.165, 1.54) is 0 Å². The summed E-state index contributed by atoms with van der Waals surface area (Å²) in [6.45, 7) is 0. The molecule has 2 N–H and O–H groups in total. The van der Waals surface area contributed by atoms with E-state index in [1.54, 1.807) is 49.6 Å². The van der Waals surface area contributed by atoms with E-state index in [9.17, 15) is 9.90 Å². The molecule has 0 radical (unpaired) electrons. The van der Waals surface area contributed by atoms with E-state index in [0.717, 1.165) is 0 Å². The summed E-state index contributed by atoms with van der Waals surface area (Å²) < 4.78 is 5.15. The Bertz CT molecular complexity index is 639. The predicted octanol–water partition coefficient (Wildman–Crippen LogP) is 1.88. The van der Waals surface area contributed by atoms with Crippen molar-refractivity contribution in [1.82, 2.24) is 0 Å². The number of nitrogens with one attached hydrogen (secondary N) is 1. The van der Waals surface area contributed by atoms with Crippen LogP contribution < -0.4 is 10.1 Å². The molecule has 96 valence electrons. The van der Waals surface area contributed by atoms with Gasteiger partial charge in [0.05, 0.1) is 7.11 Å². The minimum absolute atomic E-state index is 0.443. The number of hydrogen-bond donors (Lipinski definition) is 2. The van der Waals surface area contributed by atoms with Gasteiger partial charge in [0, 0.05) is 11.3 Å². The molecule has 3 rings (SSSR count). The molecule has 4 nitrogen and oxygen atoms in total. The van der Waals surface area contributed by atoms with Crippen LogP contribution in [0.15, 0.2) is 48.5 Å². The van der Waals surface area contributed by atoms with Crippen molar-refractivity contribution in [2.24, 2.45) is 0 Å². The molecule has 2 aromatic rings. The molecule has 19 heavy (non-hydrogen) atoms. The van der Waals surface area contributed by atoms with Gasteiger partial charge < -0.3 is 15.2 Å². The molecule has 1 atom stereocenters. The molecule has 0 fully saturated rings. The number of rotatable bonds is 2. The minimum Gasteiger partial charge on any atom is -0.497 e. The number of methoxy groups -OCH3 is 1. The number of hydrogen-bond acceptors (Lipinski definition) is 3. The van der Waals surface area contributed by atoms with Gasteiger partial charge in [-0.05, 0) is 23.8 Å². The van der Waals surface area contributed by atoms with E-state index in [-0.39, 0.29) is 0 Å². The Labute approximate surface area is 110 Å². The largest absolute Gasteiger partial charge is 0.497 e. The Kier molecular flexibility index (Phi) is 2.54. The molecule has 4 heteroatoms. The van der Waals surface area contributed by atoms with Gasteiger partial charge in [-0.2, -0.15) is 0 Å². The smallest absolute Gasteiger partial charge is 0.265 e. The average Bonchev–Trinajstić information content (AvgIpc) is 2.72. The van der Waals surface area contributed by atoms with Gasteiger partial charge >= 0.3 is 0 Å². The fraction of sp³-hybridized carbons (Fsp3) is 0.133. The maximum atomic E-state index is 12.2. The second-order valence-corrected chi connectivity index (χ2v) is 4.44. The van der Waals surface area contributed by atoms with Crippen LogP contribution in [0.25, 0.3) is 0 Å². The summed E-state index contributed by atoms with van der Waals surface area (Å²) in [6, 6.07) is 14.0. The topological polar surface area (TPSA) is 58.6 Å². The number of amides is 1. The van der Waals surface area contributed by atoms with E-state index < -0.39 is 11.5 Å². The Morgan fingerprint density at radius 1 is 1.16 bits per heavy atom. The van der Waals surface area contributed by atoms with Crippen LogP contribution in [-0.4, -0.2) is 18.1 Å². The Balaban J connectivity index is 2.21. The summed E-state index contributed by atoms with van der Waals surface area (Å²) in [6.07, 6.45) is 0. The summed E-state index contributed by atoms with van der Waals surface area (Å²) >= 11 is 0. The highest BCUT2D eigenvalue weighted by atomic mass is 16.5. The monoisotopic (exact) mass is 255 g/mol. The number of fused-ring (bicyclic) bond motifs is 1. The second-order valence-electron chi connectivity index (χ2n) is 4.44. The van der Waals surface area contributed by atoms with Gasteiger partial charge in [-0.3, -0.25) is 4.79 Å². The van der Waals surface area contributed by atoms with Crippen molar-refractivity contribution in [1.29, 1.82) is 0 Å². The first-order valence-corrected chi connectivity index (χ1v) is 5.94. The molecule has 0 spiro atoms. The quantitative estimate of drug-likeness (QED) is 0.861. The molecule has 1 heterocycles. The zero-order valence-electron chi connectivity index (χ0n) is 10.4. The zero-order valence-corrected chi connectivity index (χ0v) is 10.4. The summed E-state index contributed by atoms with van der Waals surface area (Å²) in [5, 5.41) is 13.5. The molecular formula is C15H13NO3. The molecular weight excluding hydrogens is 242 g/mol. The lowest BCUT2D eigenvalue weighted by molar-refractivity contribution is -0.129. The number of carbonyl (C=O) groups excluding carboxylic acids is 1.